The van der Waals surface area contributed by atoms with Gasteiger partial charge in [0.1, 0.15) is 5.82 Å². The van der Waals surface area contributed by atoms with Crippen LogP contribution in [-0.4, -0.2) is 47.8 Å². The number of halogens is 1. The van der Waals surface area contributed by atoms with Crippen molar-refractivity contribution in [2.24, 2.45) is 5.41 Å². The van der Waals surface area contributed by atoms with E-state index < -0.39 is 0 Å². The Balaban J connectivity index is 1.78. The third kappa shape index (κ3) is 5.32. The second-order valence-electron chi connectivity index (χ2n) is 7.59. The smallest absolute Gasteiger partial charge is 0.223 e. The molecule has 0 radical (unpaired) electrons. The van der Waals surface area contributed by atoms with Gasteiger partial charge >= 0.3 is 0 Å². The summed E-state index contributed by atoms with van der Waals surface area (Å²) in [6, 6.07) is 6.56. The van der Waals surface area contributed by atoms with Gasteiger partial charge in [-0.3, -0.25) is 9.59 Å². The summed E-state index contributed by atoms with van der Waals surface area (Å²) in [5, 5.41) is 0. The highest BCUT2D eigenvalue weighted by Gasteiger charge is 2.26. The summed E-state index contributed by atoms with van der Waals surface area (Å²) in [5.41, 5.74) is 0.550. The maximum atomic E-state index is 13.6. The number of hydrogen-bond acceptors (Lipinski definition) is 2. The van der Waals surface area contributed by atoms with Gasteiger partial charge in [0, 0.05) is 39.0 Å². The second-order valence-corrected chi connectivity index (χ2v) is 7.59. The Morgan fingerprint density at radius 2 is 1.54 bits per heavy atom. The lowest BCUT2D eigenvalue weighted by molar-refractivity contribution is -0.140. The van der Waals surface area contributed by atoms with Gasteiger partial charge < -0.3 is 9.80 Å². The van der Waals surface area contributed by atoms with E-state index in [9.17, 15) is 14.0 Å². The quantitative estimate of drug-likeness (QED) is 0.849. The van der Waals surface area contributed by atoms with Gasteiger partial charge in [-0.2, -0.15) is 0 Å². The van der Waals surface area contributed by atoms with Gasteiger partial charge in [-0.05, 0) is 23.5 Å². The van der Waals surface area contributed by atoms with Crippen LogP contribution in [0.5, 0.6) is 0 Å². The first-order valence-electron chi connectivity index (χ1n) is 8.55. The van der Waals surface area contributed by atoms with E-state index in [0.717, 1.165) is 0 Å². The zero-order valence-corrected chi connectivity index (χ0v) is 14.8. The summed E-state index contributed by atoms with van der Waals surface area (Å²) in [4.78, 5) is 28.1. The van der Waals surface area contributed by atoms with E-state index in [-0.39, 0.29) is 23.0 Å². The van der Waals surface area contributed by atoms with Crippen LogP contribution in [0, 0.1) is 11.2 Å². The number of piperazine rings is 1. The van der Waals surface area contributed by atoms with Crippen molar-refractivity contribution >= 4 is 11.8 Å². The first kappa shape index (κ1) is 18.4. The van der Waals surface area contributed by atoms with Crippen molar-refractivity contribution in [2.45, 2.75) is 40.0 Å². The molecule has 1 aliphatic rings. The standard InChI is InChI=1S/C19H27FN2O2/c1-19(2,3)14-18(24)22-12-10-21(11-13-22)17(23)9-8-15-6-4-5-7-16(15)20/h4-7H,8-14H2,1-3H3. The number of hydrogen-bond donors (Lipinski definition) is 0. The molecule has 4 nitrogen and oxygen atoms in total. The Morgan fingerprint density at radius 3 is 2.08 bits per heavy atom. The Bertz CT molecular complexity index is 587. The van der Waals surface area contributed by atoms with Crippen LogP contribution in [0.4, 0.5) is 4.39 Å². The average Bonchev–Trinajstić information content (AvgIpc) is 2.52. The lowest BCUT2D eigenvalue weighted by Crippen LogP contribution is -2.51. The number of amides is 2. The van der Waals surface area contributed by atoms with Crippen molar-refractivity contribution in [3.63, 3.8) is 0 Å². The highest BCUT2D eigenvalue weighted by atomic mass is 19.1. The molecule has 0 spiro atoms. The summed E-state index contributed by atoms with van der Waals surface area (Å²) < 4.78 is 13.6. The maximum Gasteiger partial charge on any atom is 0.223 e. The van der Waals surface area contributed by atoms with E-state index in [1.807, 2.05) is 25.7 Å². The fourth-order valence-electron chi connectivity index (χ4n) is 2.87. The molecule has 0 saturated carbocycles. The Hall–Kier alpha value is -1.91. The number of carbonyl (C=O) groups excluding carboxylic acids is 2. The molecule has 132 valence electrons. The maximum absolute atomic E-state index is 13.6. The van der Waals surface area contributed by atoms with Gasteiger partial charge in [0.15, 0.2) is 0 Å². The lowest BCUT2D eigenvalue weighted by Gasteiger charge is -2.36. The van der Waals surface area contributed by atoms with Crippen molar-refractivity contribution < 1.29 is 14.0 Å². The van der Waals surface area contributed by atoms with Gasteiger partial charge in [-0.15, -0.1) is 0 Å². The Labute approximate surface area is 143 Å². The molecule has 2 amide bonds. The molecular formula is C19H27FN2O2. The van der Waals surface area contributed by atoms with Crippen LogP contribution < -0.4 is 0 Å². The predicted octanol–water partition coefficient (Wildman–Crippen LogP) is 2.87. The molecule has 1 aromatic carbocycles. The highest BCUT2D eigenvalue weighted by molar-refractivity contribution is 5.79. The largest absolute Gasteiger partial charge is 0.339 e. The van der Waals surface area contributed by atoms with Crippen molar-refractivity contribution in [1.82, 2.24) is 9.80 Å². The molecule has 1 saturated heterocycles. The molecular weight excluding hydrogens is 307 g/mol. The summed E-state index contributed by atoms with van der Waals surface area (Å²) in [7, 11) is 0. The zero-order valence-electron chi connectivity index (χ0n) is 14.8. The Kier molecular flexibility index (Phi) is 5.97. The molecule has 1 fully saturated rings. The molecule has 1 heterocycles. The van der Waals surface area contributed by atoms with Crippen molar-refractivity contribution in [3.05, 3.63) is 35.6 Å². The Morgan fingerprint density at radius 1 is 1.00 bits per heavy atom. The number of benzene rings is 1. The fourth-order valence-corrected chi connectivity index (χ4v) is 2.87. The molecule has 1 aromatic rings. The number of carbonyl (C=O) groups is 2. The highest BCUT2D eigenvalue weighted by Crippen LogP contribution is 2.20. The van der Waals surface area contributed by atoms with E-state index in [1.165, 1.54) is 6.07 Å². The third-order valence-electron chi connectivity index (χ3n) is 4.23. The van der Waals surface area contributed by atoms with Crippen LogP contribution in [-0.2, 0) is 16.0 Å². The first-order valence-corrected chi connectivity index (χ1v) is 8.55. The third-order valence-corrected chi connectivity index (χ3v) is 4.23. The van der Waals surface area contributed by atoms with E-state index in [1.54, 1.807) is 23.1 Å². The SMILES string of the molecule is CC(C)(C)CC(=O)N1CCN(C(=O)CCc2ccccc2F)CC1. The second kappa shape index (κ2) is 7.77. The van der Waals surface area contributed by atoms with E-state index in [0.29, 0.717) is 51.0 Å². The minimum absolute atomic E-state index is 0.0240. The van der Waals surface area contributed by atoms with E-state index >= 15 is 0 Å². The molecule has 0 aliphatic carbocycles. The first-order chi connectivity index (χ1) is 11.3. The van der Waals surface area contributed by atoms with E-state index in [2.05, 4.69) is 0 Å². The lowest BCUT2D eigenvalue weighted by atomic mass is 9.91. The summed E-state index contributed by atoms with van der Waals surface area (Å²) >= 11 is 0. The molecule has 1 aliphatic heterocycles. The number of nitrogens with zero attached hydrogens (tertiary/aromatic N) is 2. The molecule has 0 N–H and O–H groups in total. The van der Waals surface area contributed by atoms with Crippen LogP contribution in [0.1, 0.15) is 39.2 Å². The number of rotatable bonds is 4. The average molecular weight is 334 g/mol. The molecule has 0 unspecified atom stereocenters. The normalized spacial score (nSPS) is 15.5. The molecule has 0 aromatic heterocycles. The molecule has 5 heteroatoms. The summed E-state index contributed by atoms with van der Waals surface area (Å²) in [6.07, 6.45) is 1.24. The molecule has 24 heavy (non-hydrogen) atoms. The molecule has 0 bridgehead atoms. The number of aryl methyl sites for hydroxylation is 1. The fraction of sp³-hybridized carbons (Fsp3) is 0.579. The zero-order chi connectivity index (χ0) is 17.7. The van der Waals surface area contributed by atoms with Gasteiger partial charge in [0.05, 0.1) is 0 Å². The molecule has 2 rings (SSSR count). The molecule has 0 atom stereocenters. The van der Waals surface area contributed by atoms with E-state index in [4.69, 9.17) is 0 Å². The summed E-state index contributed by atoms with van der Waals surface area (Å²) in [5.74, 6) is -0.0787. The van der Waals surface area contributed by atoms with Crippen molar-refractivity contribution in [2.75, 3.05) is 26.2 Å². The van der Waals surface area contributed by atoms with Crippen molar-refractivity contribution in [1.29, 1.82) is 0 Å². The van der Waals surface area contributed by atoms with Crippen LogP contribution >= 0.6 is 0 Å². The van der Waals surface area contributed by atoms with Gasteiger partial charge in [0.25, 0.3) is 0 Å². The van der Waals surface area contributed by atoms with Crippen LogP contribution in [0.25, 0.3) is 0 Å². The van der Waals surface area contributed by atoms with Crippen molar-refractivity contribution in [3.8, 4) is 0 Å². The summed E-state index contributed by atoms with van der Waals surface area (Å²) in [6.45, 7) is 8.44. The van der Waals surface area contributed by atoms with Crippen LogP contribution in [0.3, 0.4) is 0 Å². The van der Waals surface area contributed by atoms with Gasteiger partial charge in [-0.25, -0.2) is 4.39 Å². The van der Waals surface area contributed by atoms with Crippen LogP contribution in [0.2, 0.25) is 0 Å². The minimum Gasteiger partial charge on any atom is -0.339 e. The van der Waals surface area contributed by atoms with Gasteiger partial charge in [0.2, 0.25) is 11.8 Å². The predicted molar refractivity (Wildman–Crippen MR) is 92.0 cm³/mol. The minimum atomic E-state index is -0.261. The van der Waals surface area contributed by atoms with Gasteiger partial charge in [-0.1, -0.05) is 39.0 Å². The topological polar surface area (TPSA) is 40.6 Å². The van der Waals surface area contributed by atoms with Crippen LogP contribution in [0.15, 0.2) is 24.3 Å². The monoisotopic (exact) mass is 334 g/mol.